The van der Waals surface area contributed by atoms with Crippen LogP contribution in [0.15, 0.2) is 0 Å². The van der Waals surface area contributed by atoms with E-state index in [1.54, 1.807) is 0 Å². The number of nitrogens with zero attached hydrogens (tertiary/aromatic N) is 1. The normalized spacial score (nSPS) is 34.9. The van der Waals surface area contributed by atoms with Crippen molar-refractivity contribution in [3.8, 4) is 0 Å². The van der Waals surface area contributed by atoms with Crippen LogP contribution in [0.3, 0.4) is 0 Å². The van der Waals surface area contributed by atoms with Gasteiger partial charge in [-0.15, -0.1) is 0 Å². The summed E-state index contributed by atoms with van der Waals surface area (Å²) in [7, 11) is 4.06. The van der Waals surface area contributed by atoms with Crippen LogP contribution in [0.1, 0.15) is 90.4 Å². The molecular weight excluding hydrogens is 314 g/mol. The lowest BCUT2D eigenvalue weighted by Crippen LogP contribution is -2.54. The van der Waals surface area contributed by atoms with E-state index in [9.17, 15) is 5.11 Å². The molecule has 1 heterocycles. The number of hydrogen-bond donors (Lipinski definition) is 1. The Morgan fingerprint density at radius 1 is 0.840 bits per heavy atom. The average Bonchev–Trinajstić information content (AvgIpc) is 2.59. The van der Waals surface area contributed by atoms with Gasteiger partial charge in [-0.3, -0.25) is 0 Å². The first-order chi connectivity index (χ1) is 12.1. The smallest absolute Gasteiger partial charge is 0.185 e. The lowest BCUT2D eigenvalue weighted by atomic mass is 9.98. The molecule has 0 spiro atoms. The van der Waals surface area contributed by atoms with E-state index in [1.807, 2.05) is 14.1 Å². The van der Waals surface area contributed by atoms with Crippen molar-refractivity contribution in [2.75, 3.05) is 14.1 Å². The van der Waals surface area contributed by atoms with E-state index in [-0.39, 0.29) is 18.2 Å². The van der Waals surface area contributed by atoms with Crippen molar-refractivity contribution in [3.05, 3.63) is 0 Å². The first-order valence-corrected chi connectivity index (χ1v) is 10.7. The minimum atomic E-state index is -0.559. The molecule has 1 N–H and O–H groups in total. The quantitative estimate of drug-likeness (QED) is 0.810. The molecule has 1 aliphatic heterocycles. The molecule has 4 nitrogen and oxygen atoms in total. The first kappa shape index (κ1) is 21.1. The summed E-state index contributed by atoms with van der Waals surface area (Å²) < 4.78 is 12.3. The third kappa shape index (κ3) is 7.54. The van der Waals surface area contributed by atoms with Gasteiger partial charge >= 0.3 is 0 Å². The number of aliphatic hydroxyl groups is 1. The van der Waals surface area contributed by atoms with Gasteiger partial charge in [-0.25, -0.2) is 0 Å². The van der Waals surface area contributed by atoms with Crippen LogP contribution in [-0.4, -0.2) is 54.7 Å². The SMILES string of the molecule is CC1CC(N(C)C)C(O)C(OC2CCCCCCCCCCCC2)O1. The van der Waals surface area contributed by atoms with Crippen LogP contribution >= 0.6 is 0 Å². The maximum atomic E-state index is 10.7. The number of ether oxygens (including phenoxy) is 2. The zero-order valence-electron chi connectivity index (χ0n) is 16.8. The summed E-state index contributed by atoms with van der Waals surface area (Å²) in [5, 5.41) is 10.7. The molecule has 0 aromatic rings. The topological polar surface area (TPSA) is 41.9 Å². The van der Waals surface area contributed by atoms with Crippen molar-refractivity contribution in [2.45, 2.75) is 121 Å². The van der Waals surface area contributed by atoms with Crippen molar-refractivity contribution < 1.29 is 14.6 Å². The Labute approximate surface area is 155 Å². The first-order valence-electron chi connectivity index (χ1n) is 10.7. The summed E-state index contributed by atoms with van der Waals surface area (Å²) in [4.78, 5) is 2.10. The maximum Gasteiger partial charge on any atom is 0.185 e. The second-order valence-electron chi connectivity index (χ2n) is 8.44. The van der Waals surface area contributed by atoms with E-state index < -0.39 is 12.4 Å². The molecule has 1 saturated carbocycles. The maximum absolute atomic E-state index is 10.7. The van der Waals surface area contributed by atoms with Crippen molar-refractivity contribution in [2.24, 2.45) is 0 Å². The van der Waals surface area contributed by atoms with Gasteiger partial charge in [0.25, 0.3) is 0 Å². The van der Waals surface area contributed by atoms with Gasteiger partial charge < -0.3 is 19.5 Å². The summed E-state index contributed by atoms with van der Waals surface area (Å²) in [5.41, 5.74) is 0. The third-order valence-electron chi connectivity index (χ3n) is 5.90. The van der Waals surface area contributed by atoms with Gasteiger partial charge in [-0.2, -0.15) is 0 Å². The predicted molar refractivity (Wildman–Crippen MR) is 103 cm³/mol. The molecular formula is C21H41NO3. The van der Waals surface area contributed by atoms with Crippen molar-refractivity contribution in [1.82, 2.24) is 4.90 Å². The van der Waals surface area contributed by atoms with E-state index in [0.717, 1.165) is 19.3 Å². The Balaban J connectivity index is 1.88. The molecule has 1 saturated heterocycles. The average molecular weight is 356 g/mol. The molecule has 2 fully saturated rings. The van der Waals surface area contributed by atoms with Crippen LogP contribution in [-0.2, 0) is 9.47 Å². The van der Waals surface area contributed by atoms with Crippen LogP contribution in [0.25, 0.3) is 0 Å². The van der Waals surface area contributed by atoms with Gasteiger partial charge in [0.1, 0.15) is 6.10 Å². The fraction of sp³-hybridized carbons (Fsp3) is 1.00. The predicted octanol–water partition coefficient (Wildman–Crippen LogP) is 4.49. The van der Waals surface area contributed by atoms with Crippen molar-refractivity contribution in [1.29, 1.82) is 0 Å². The molecule has 4 heteroatoms. The second-order valence-corrected chi connectivity index (χ2v) is 8.44. The molecule has 4 atom stereocenters. The zero-order valence-corrected chi connectivity index (χ0v) is 16.8. The lowest BCUT2D eigenvalue weighted by Gasteiger charge is -2.42. The van der Waals surface area contributed by atoms with Gasteiger partial charge in [0.05, 0.1) is 12.2 Å². The van der Waals surface area contributed by atoms with Gasteiger partial charge in [-0.1, -0.05) is 64.2 Å². The number of aliphatic hydroxyl groups excluding tert-OH is 1. The molecule has 0 bridgehead atoms. The highest BCUT2D eigenvalue weighted by Gasteiger charge is 2.38. The minimum Gasteiger partial charge on any atom is -0.386 e. The largest absolute Gasteiger partial charge is 0.386 e. The van der Waals surface area contributed by atoms with Gasteiger partial charge in [0.15, 0.2) is 6.29 Å². The van der Waals surface area contributed by atoms with Gasteiger partial charge in [0.2, 0.25) is 0 Å². The van der Waals surface area contributed by atoms with Crippen LogP contribution in [0.5, 0.6) is 0 Å². The van der Waals surface area contributed by atoms with E-state index in [2.05, 4.69) is 11.8 Å². The highest BCUT2D eigenvalue weighted by Crippen LogP contribution is 2.27. The van der Waals surface area contributed by atoms with Crippen LogP contribution in [0, 0.1) is 0 Å². The third-order valence-corrected chi connectivity index (χ3v) is 5.90. The van der Waals surface area contributed by atoms with Crippen LogP contribution in [0.4, 0.5) is 0 Å². The molecule has 0 radical (unpaired) electrons. The fourth-order valence-corrected chi connectivity index (χ4v) is 4.28. The summed E-state index contributed by atoms with van der Waals surface area (Å²) in [6, 6.07) is 0.114. The second kappa shape index (κ2) is 11.5. The number of rotatable bonds is 3. The molecule has 2 aliphatic rings. The monoisotopic (exact) mass is 355 g/mol. The number of hydrogen-bond acceptors (Lipinski definition) is 4. The van der Waals surface area contributed by atoms with Crippen molar-refractivity contribution >= 4 is 0 Å². The minimum absolute atomic E-state index is 0.114. The fourth-order valence-electron chi connectivity index (χ4n) is 4.28. The molecule has 0 amide bonds. The van der Waals surface area contributed by atoms with Crippen LogP contribution < -0.4 is 0 Å². The van der Waals surface area contributed by atoms with Crippen molar-refractivity contribution in [3.63, 3.8) is 0 Å². The Hall–Kier alpha value is -0.160. The summed E-state index contributed by atoms with van der Waals surface area (Å²) in [5.74, 6) is 0. The van der Waals surface area contributed by atoms with E-state index >= 15 is 0 Å². The molecule has 4 unspecified atom stereocenters. The highest BCUT2D eigenvalue weighted by molar-refractivity contribution is 4.85. The van der Waals surface area contributed by atoms with E-state index in [4.69, 9.17) is 9.47 Å². The molecule has 0 aromatic carbocycles. The van der Waals surface area contributed by atoms with E-state index in [1.165, 1.54) is 64.2 Å². The molecule has 2 rings (SSSR count). The summed E-state index contributed by atoms with van der Waals surface area (Å²) in [6.07, 6.45) is 15.8. The number of likely N-dealkylation sites (N-methyl/N-ethyl adjacent to an activating group) is 1. The Kier molecular flexibility index (Phi) is 9.75. The standard InChI is InChI=1S/C21H41NO3/c1-17-16-19(22(2)3)20(23)21(24-17)25-18-14-12-10-8-6-4-5-7-9-11-13-15-18/h17-21,23H,4-16H2,1-3H3. The molecule has 148 valence electrons. The van der Waals surface area contributed by atoms with Gasteiger partial charge in [-0.05, 0) is 40.3 Å². The Morgan fingerprint density at radius 3 is 1.80 bits per heavy atom. The lowest BCUT2D eigenvalue weighted by molar-refractivity contribution is -0.269. The highest BCUT2D eigenvalue weighted by atomic mass is 16.7. The van der Waals surface area contributed by atoms with Crippen LogP contribution in [0.2, 0.25) is 0 Å². The Morgan fingerprint density at radius 2 is 1.32 bits per heavy atom. The zero-order chi connectivity index (χ0) is 18.1. The molecule has 0 aromatic heterocycles. The molecule has 25 heavy (non-hydrogen) atoms. The molecule has 1 aliphatic carbocycles. The Bertz CT molecular complexity index is 336. The van der Waals surface area contributed by atoms with Gasteiger partial charge in [0, 0.05) is 6.04 Å². The summed E-state index contributed by atoms with van der Waals surface area (Å²) >= 11 is 0. The van der Waals surface area contributed by atoms with E-state index in [0.29, 0.717) is 0 Å². The summed E-state index contributed by atoms with van der Waals surface area (Å²) in [6.45, 7) is 2.09.